The second-order valence-electron chi connectivity index (χ2n) is 8.71. The van der Waals surface area contributed by atoms with Crippen LogP contribution in [0.1, 0.15) is 18.5 Å². The lowest BCUT2D eigenvalue weighted by atomic mass is 10.1. The minimum Gasteiger partial charge on any atom is -0.352 e. The first-order valence-corrected chi connectivity index (χ1v) is 12.1. The van der Waals surface area contributed by atoms with Gasteiger partial charge in [0.05, 0.1) is 61.4 Å². The molecule has 35 heavy (non-hydrogen) atoms. The number of pyridine rings is 1. The summed E-state index contributed by atoms with van der Waals surface area (Å²) < 4.78 is 16.2. The number of aryl methyl sites for hydroxylation is 1. The van der Waals surface area contributed by atoms with Gasteiger partial charge in [0.1, 0.15) is 5.82 Å². The maximum Gasteiger partial charge on any atom is 0.125 e. The minimum atomic E-state index is -0.352. The van der Waals surface area contributed by atoms with Crippen LogP contribution in [-0.4, -0.2) is 20.6 Å². The van der Waals surface area contributed by atoms with E-state index in [4.69, 9.17) is 33.2 Å². The summed E-state index contributed by atoms with van der Waals surface area (Å²) in [6.45, 7) is 1.95. The molecule has 0 radical (unpaired) electrons. The van der Waals surface area contributed by atoms with Crippen LogP contribution in [0, 0.1) is 12.7 Å². The highest BCUT2D eigenvalue weighted by molar-refractivity contribution is 6.42. The zero-order chi connectivity index (χ0) is 24.1. The van der Waals surface area contributed by atoms with Gasteiger partial charge in [-0.25, -0.2) is 9.37 Å². The SMILES string of the molecule is Cc1ccc(Nc2cc3nc4cc(F)ccc4n(-c4ccc(Cl)c(Cl)c4)c-3c/c2=N\C2CC2)cn1. The topological polar surface area (TPSA) is 55.1 Å². The fraction of sp³-hybridized carbons (Fsp3) is 0.148. The lowest BCUT2D eigenvalue weighted by Gasteiger charge is -2.20. The molecular formula is C27H20Cl2FN5. The van der Waals surface area contributed by atoms with E-state index in [1.807, 2.05) is 41.8 Å². The average Bonchev–Trinajstić information content (AvgIpc) is 3.65. The fourth-order valence-corrected chi connectivity index (χ4v) is 4.37. The number of benzene rings is 3. The van der Waals surface area contributed by atoms with E-state index in [0.29, 0.717) is 27.3 Å². The molecule has 0 unspecified atom stereocenters. The van der Waals surface area contributed by atoms with Gasteiger partial charge in [-0.15, -0.1) is 0 Å². The van der Waals surface area contributed by atoms with Gasteiger partial charge >= 0.3 is 0 Å². The Kier molecular flexibility index (Phi) is 5.43. The van der Waals surface area contributed by atoms with E-state index < -0.39 is 0 Å². The Morgan fingerprint density at radius 2 is 1.86 bits per heavy atom. The van der Waals surface area contributed by atoms with Crippen molar-refractivity contribution < 1.29 is 4.39 Å². The Bertz CT molecular complexity index is 1620. The molecule has 2 heterocycles. The van der Waals surface area contributed by atoms with Crippen LogP contribution >= 0.6 is 23.2 Å². The van der Waals surface area contributed by atoms with E-state index in [0.717, 1.165) is 52.2 Å². The summed E-state index contributed by atoms with van der Waals surface area (Å²) in [4.78, 5) is 14.1. The predicted molar refractivity (Wildman–Crippen MR) is 139 cm³/mol. The van der Waals surface area contributed by atoms with E-state index in [9.17, 15) is 4.39 Å². The molecule has 0 spiro atoms. The van der Waals surface area contributed by atoms with Crippen molar-refractivity contribution in [3.05, 3.63) is 93.8 Å². The first kappa shape index (κ1) is 22.0. The third-order valence-electron chi connectivity index (χ3n) is 5.97. The quantitative estimate of drug-likeness (QED) is 0.266. The first-order chi connectivity index (χ1) is 16.9. The molecule has 3 aliphatic rings. The molecule has 0 saturated heterocycles. The van der Waals surface area contributed by atoms with E-state index in [2.05, 4.69) is 10.3 Å². The lowest BCUT2D eigenvalue weighted by molar-refractivity contribution is 0.629. The van der Waals surface area contributed by atoms with Crippen LogP contribution in [-0.2, 0) is 0 Å². The molecule has 3 aromatic rings. The largest absolute Gasteiger partial charge is 0.352 e. The van der Waals surface area contributed by atoms with Crippen LogP contribution < -0.4 is 10.7 Å². The number of nitrogens with zero attached hydrogens (tertiary/aromatic N) is 4. The van der Waals surface area contributed by atoms with Gasteiger partial charge in [0.15, 0.2) is 0 Å². The zero-order valence-corrected chi connectivity index (χ0v) is 20.3. The molecule has 1 fully saturated rings. The molecule has 8 heteroatoms. The lowest BCUT2D eigenvalue weighted by Crippen LogP contribution is -2.15. The molecule has 2 aliphatic carbocycles. The third-order valence-corrected chi connectivity index (χ3v) is 6.71. The number of rotatable bonds is 4. The molecular weight excluding hydrogens is 484 g/mol. The summed E-state index contributed by atoms with van der Waals surface area (Å²) in [7, 11) is 0. The highest BCUT2D eigenvalue weighted by Crippen LogP contribution is 2.33. The molecule has 1 N–H and O–H groups in total. The number of aromatic nitrogens is 3. The Hall–Kier alpha value is -3.48. The summed E-state index contributed by atoms with van der Waals surface area (Å²) in [5.74, 6) is -0.352. The molecule has 1 aliphatic heterocycles. The van der Waals surface area contributed by atoms with Crippen LogP contribution in [0.4, 0.5) is 15.8 Å². The minimum absolute atomic E-state index is 0.310. The van der Waals surface area contributed by atoms with Gasteiger partial charge in [-0.05, 0) is 74.4 Å². The second kappa shape index (κ2) is 8.63. The molecule has 1 aromatic heterocycles. The Morgan fingerprint density at radius 3 is 2.60 bits per heavy atom. The number of anilines is 2. The molecule has 0 bridgehead atoms. The van der Waals surface area contributed by atoms with Gasteiger partial charge in [0, 0.05) is 17.4 Å². The maximum absolute atomic E-state index is 14.2. The molecule has 5 nitrogen and oxygen atoms in total. The van der Waals surface area contributed by atoms with E-state index in [1.54, 1.807) is 24.4 Å². The van der Waals surface area contributed by atoms with Crippen molar-refractivity contribution in [2.75, 3.05) is 5.32 Å². The van der Waals surface area contributed by atoms with Gasteiger partial charge in [0.2, 0.25) is 0 Å². The van der Waals surface area contributed by atoms with Crippen LogP contribution in [0.15, 0.2) is 71.9 Å². The first-order valence-electron chi connectivity index (χ1n) is 11.3. The number of hydrogen-bond donors (Lipinski definition) is 1. The monoisotopic (exact) mass is 503 g/mol. The molecule has 174 valence electrons. The second-order valence-corrected chi connectivity index (χ2v) is 9.52. The molecule has 0 amide bonds. The van der Waals surface area contributed by atoms with Crippen molar-refractivity contribution in [3.8, 4) is 17.1 Å². The van der Waals surface area contributed by atoms with Gasteiger partial charge in [-0.2, -0.15) is 0 Å². The summed E-state index contributed by atoms with van der Waals surface area (Å²) in [6.07, 6.45) is 3.94. The average molecular weight is 504 g/mol. The number of halogens is 3. The van der Waals surface area contributed by atoms with E-state index >= 15 is 0 Å². The van der Waals surface area contributed by atoms with Crippen molar-refractivity contribution in [2.45, 2.75) is 25.8 Å². The molecule has 0 atom stereocenters. The summed E-state index contributed by atoms with van der Waals surface area (Å²) in [6, 6.07) is 18.2. The Balaban J connectivity index is 1.64. The Labute approximate surface area is 211 Å². The van der Waals surface area contributed by atoms with Crippen LogP contribution in [0.5, 0.6) is 0 Å². The third kappa shape index (κ3) is 4.35. The highest BCUT2D eigenvalue weighted by atomic mass is 35.5. The van der Waals surface area contributed by atoms with Crippen LogP contribution in [0.3, 0.4) is 0 Å². The van der Waals surface area contributed by atoms with Gasteiger partial charge in [-0.3, -0.25) is 9.98 Å². The number of fused-ring (bicyclic) bond motifs is 2. The van der Waals surface area contributed by atoms with E-state index in [1.165, 1.54) is 12.1 Å². The van der Waals surface area contributed by atoms with Crippen LogP contribution in [0.25, 0.3) is 28.1 Å². The smallest absolute Gasteiger partial charge is 0.125 e. The number of nitrogens with one attached hydrogen (secondary N) is 1. The number of hydrogen-bond acceptors (Lipinski definition) is 4. The van der Waals surface area contributed by atoms with Crippen molar-refractivity contribution >= 4 is 45.6 Å². The van der Waals surface area contributed by atoms with Gasteiger partial charge in [-0.1, -0.05) is 23.2 Å². The normalized spacial score (nSPS) is 14.1. The fourth-order valence-electron chi connectivity index (χ4n) is 4.08. The van der Waals surface area contributed by atoms with Gasteiger partial charge < -0.3 is 9.88 Å². The van der Waals surface area contributed by atoms with Crippen LogP contribution in [0.2, 0.25) is 10.0 Å². The molecule has 2 aromatic carbocycles. The standard InChI is InChI=1S/C27H20Cl2FN5/c1-15-2-4-18(14-31-15)33-22-12-25-27(13-23(22)32-17-5-6-17)35(19-7-8-20(28)21(29)11-19)26-9-3-16(30)10-24(26)34-25/h2-4,7-14,17,33H,5-6H2,1H3/b32-23+. The molecule has 6 rings (SSSR count). The summed E-state index contributed by atoms with van der Waals surface area (Å²) >= 11 is 12.6. The van der Waals surface area contributed by atoms with Gasteiger partial charge in [0.25, 0.3) is 0 Å². The van der Waals surface area contributed by atoms with Crippen molar-refractivity contribution in [3.63, 3.8) is 0 Å². The predicted octanol–water partition coefficient (Wildman–Crippen LogP) is 7.09. The van der Waals surface area contributed by atoms with Crippen molar-refractivity contribution in [1.82, 2.24) is 14.5 Å². The van der Waals surface area contributed by atoms with E-state index in [-0.39, 0.29) is 5.82 Å². The summed E-state index contributed by atoms with van der Waals surface area (Å²) in [5.41, 5.74) is 6.20. The molecule has 1 saturated carbocycles. The maximum atomic E-state index is 14.2. The zero-order valence-electron chi connectivity index (χ0n) is 18.8. The summed E-state index contributed by atoms with van der Waals surface area (Å²) in [5, 5.41) is 5.17. The van der Waals surface area contributed by atoms with Crippen molar-refractivity contribution in [1.29, 1.82) is 0 Å². The Morgan fingerprint density at radius 1 is 1.00 bits per heavy atom. The van der Waals surface area contributed by atoms with Crippen molar-refractivity contribution in [2.24, 2.45) is 4.99 Å². The highest BCUT2D eigenvalue weighted by Gasteiger charge is 2.22.